The summed E-state index contributed by atoms with van der Waals surface area (Å²) in [5.41, 5.74) is 0. The Labute approximate surface area is 68.9 Å². The largest absolute Gasteiger partial charge is 0.452 e. The molecule has 0 radical (unpaired) electrons. The number of carbonyl (C=O) groups excluding carboxylic acids is 1. The predicted molar refractivity (Wildman–Crippen MR) is 30.0 cm³/mol. The Hall–Kier alpha value is -0.790. The number of nitrogens with one attached hydrogen (secondary N) is 1. The van der Waals surface area contributed by atoms with Gasteiger partial charge in [-0.15, -0.1) is 0 Å². The van der Waals surface area contributed by atoms with E-state index in [1.165, 1.54) is 5.32 Å². The van der Waals surface area contributed by atoms with Crippen LogP contribution in [-0.4, -0.2) is 31.2 Å². The van der Waals surface area contributed by atoms with Crippen molar-refractivity contribution in [1.29, 1.82) is 0 Å². The van der Waals surface area contributed by atoms with Crippen molar-refractivity contribution in [3.05, 3.63) is 0 Å². The lowest BCUT2D eigenvalue weighted by atomic mass is 10.2. The predicted octanol–water partition coefficient (Wildman–Crippen LogP) is 1.27. The summed E-state index contributed by atoms with van der Waals surface area (Å²) >= 11 is 0. The zero-order valence-corrected chi connectivity index (χ0v) is 6.25. The highest BCUT2D eigenvalue weighted by atomic mass is 19.4. The number of Topliss-reactive ketones (excluding diaryl/α,β-unsaturated/α-hetero) is 1. The van der Waals surface area contributed by atoms with Crippen molar-refractivity contribution in [2.24, 2.45) is 0 Å². The summed E-state index contributed by atoms with van der Waals surface area (Å²) in [5, 5.41) is 1.25. The molecular weight excluding hydrogens is 204 g/mol. The number of ketones is 1. The van der Waals surface area contributed by atoms with Gasteiger partial charge in [0.15, 0.2) is 6.04 Å². The second-order valence-electron chi connectivity index (χ2n) is 2.13. The lowest BCUT2D eigenvalue weighted by molar-refractivity contribution is -0.199. The van der Waals surface area contributed by atoms with Gasteiger partial charge in [-0.1, -0.05) is 0 Å². The maximum Gasteiger partial charge on any atom is 0.452 e. The van der Waals surface area contributed by atoms with Gasteiger partial charge < -0.3 is 5.32 Å². The van der Waals surface area contributed by atoms with E-state index in [1.807, 2.05) is 0 Å². The van der Waals surface area contributed by atoms with E-state index in [-0.39, 0.29) is 0 Å². The van der Waals surface area contributed by atoms with Gasteiger partial charge in [-0.3, -0.25) is 4.79 Å². The molecule has 0 aliphatic heterocycles. The summed E-state index contributed by atoms with van der Waals surface area (Å²) in [7, 11) is 0.627. The van der Waals surface area contributed by atoms with Crippen molar-refractivity contribution in [3.63, 3.8) is 0 Å². The SMILES string of the molecule is CNC(C(=O)C(F)(F)F)C(F)(F)F. The van der Waals surface area contributed by atoms with Crippen molar-refractivity contribution in [3.8, 4) is 0 Å². The molecular formula is C5H5F6NO. The normalized spacial score (nSPS) is 15.6. The van der Waals surface area contributed by atoms with Crippen LogP contribution in [0, 0.1) is 0 Å². The second-order valence-corrected chi connectivity index (χ2v) is 2.13. The molecule has 0 spiro atoms. The minimum atomic E-state index is -5.48. The van der Waals surface area contributed by atoms with Crippen molar-refractivity contribution in [2.75, 3.05) is 7.05 Å². The fourth-order valence-corrected chi connectivity index (χ4v) is 0.607. The van der Waals surface area contributed by atoms with Gasteiger partial charge in [-0.05, 0) is 7.05 Å². The van der Waals surface area contributed by atoms with Crippen LogP contribution in [0.2, 0.25) is 0 Å². The molecule has 0 aromatic rings. The Balaban J connectivity index is 4.72. The molecule has 1 unspecified atom stereocenters. The van der Waals surface area contributed by atoms with Crippen LogP contribution in [-0.2, 0) is 4.79 Å². The molecule has 0 bridgehead atoms. The number of hydrogen-bond donors (Lipinski definition) is 1. The number of rotatable bonds is 2. The highest BCUT2D eigenvalue weighted by molar-refractivity contribution is 5.89. The molecule has 8 heteroatoms. The summed E-state index contributed by atoms with van der Waals surface area (Å²) in [6, 6.07) is -3.19. The van der Waals surface area contributed by atoms with E-state index < -0.39 is 24.2 Å². The topological polar surface area (TPSA) is 29.1 Å². The molecule has 1 atom stereocenters. The minimum Gasteiger partial charge on any atom is -0.303 e. The van der Waals surface area contributed by atoms with Crippen LogP contribution in [0.1, 0.15) is 0 Å². The average Bonchev–Trinajstić information content (AvgIpc) is 1.83. The molecule has 1 N–H and O–H groups in total. The lowest BCUT2D eigenvalue weighted by Crippen LogP contribution is -2.51. The van der Waals surface area contributed by atoms with Crippen LogP contribution in [0.15, 0.2) is 0 Å². The minimum absolute atomic E-state index is 0.627. The third-order valence-electron chi connectivity index (χ3n) is 1.16. The zero-order chi connectivity index (χ0) is 10.9. The molecule has 0 aliphatic carbocycles. The molecule has 0 saturated carbocycles. The van der Waals surface area contributed by atoms with E-state index in [2.05, 4.69) is 0 Å². The van der Waals surface area contributed by atoms with E-state index in [9.17, 15) is 31.1 Å². The zero-order valence-electron chi connectivity index (χ0n) is 6.25. The van der Waals surface area contributed by atoms with Gasteiger partial charge in [0.1, 0.15) is 0 Å². The Morgan fingerprint density at radius 2 is 1.54 bits per heavy atom. The van der Waals surface area contributed by atoms with Gasteiger partial charge >= 0.3 is 12.4 Å². The molecule has 0 rings (SSSR count). The van der Waals surface area contributed by atoms with E-state index in [1.54, 1.807) is 0 Å². The van der Waals surface area contributed by atoms with Gasteiger partial charge in [0, 0.05) is 0 Å². The first kappa shape index (κ1) is 12.2. The highest BCUT2D eigenvalue weighted by Crippen LogP contribution is 2.27. The molecule has 0 saturated heterocycles. The van der Waals surface area contributed by atoms with Crippen LogP contribution in [0.25, 0.3) is 0 Å². The fraction of sp³-hybridized carbons (Fsp3) is 0.800. The summed E-state index contributed by atoms with van der Waals surface area (Å²) in [6.07, 6.45) is -10.7. The van der Waals surface area contributed by atoms with E-state index in [0.717, 1.165) is 0 Å². The molecule has 0 aromatic carbocycles. The van der Waals surface area contributed by atoms with Crippen LogP contribution >= 0.6 is 0 Å². The van der Waals surface area contributed by atoms with Gasteiger partial charge in [-0.2, -0.15) is 26.3 Å². The molecule has 2 nitrogen and oxygen atoms in total. The van der Waals surface area contributed by atoms with Crippen molar-refractivity contribution in [1.82, 2.24) is 5.32 Å². The molecule has 78 valence electrons. The van der Waals surface area contributed by atoms with Crippen LogP contribution in [0.3, 0.4) is 0 Å². The molecule has 0 heterocycles. The summed E-state index contributed by atoms with van der Waals surface area (Å²) in [5.74, 6) is -2.84. The molecule has 13 heavy (non-hydrogen) atoms. The van der Waals surface area contributed by atoms with Gasteiger partial charge in [0.05, 0.1) is 0 Å². The Morgan fingerprint density at radius 3 is 1.62 bits per heavy atom. The van der Waals surface area contributed by atoms with Crippen molar-refractivity contribution >= 4 is 5.78 Å². The maximum atomic E-state index is 11.7. The number of alkyl halides is 6. The third-order valence-corrected chi connectivity index (χ3v) is 1.16. The maximum absolute atomic E-state index is 11.7. The van der Waals surface area contributed by atoms with E-state index in [4.69, 9.17) is 0 Å². The second kappa shape index (κ2) is 3.52. The molecule has 0 aromatic heterocycles. The van der Waals surface area contributed by atoms with Crippen LogP contribution < -0.4 is 5.32 Å². The number of halogens is 6. The highest BCUT2D eigenvalue weighted by Gasteiger charge is 2.54. The smallest absolute Gasteiger partial charge is 0.303 e. The number of hydrogen-bond acceptors (Lipinski definition) is 2. The van der Waals surface area contributed by atoms with E-state index >= 15 is 0 Å². The first-order valence-corrected chi connectivity index (χ1v) is 2.95. The number of likely N-dealkylation sites (N-methyl/N-ethyl adjacent to an activating group) is 1. The lowest BCUT2D eigenvalue weighted by Gasteiger charge is -2.19. The van der Waals surface area contributed by atoms with Gasteiger partial charge in [0.25, 0.3) is 5.78 Å². The molecule has 0 fully saturated rings. The Kier molecular flexibility index (Phi) is 3.31. The number of carbonyl (C=O) groups is 1. The van der Waals surface area contributed by atoms with Gasteiger partial charge in [-0.25, -0.2) is 0 Å². The van der Waals surface area contributed by atoms with Crippen LogP contribution in [0.4, 0.5) is 26.3 Å². The quantitative estimate of drug-likeness (QED) is 0.694. The van der Waals surface area contributed by atoms with Crippen molar-refractivity contribution in [2.45, 2.75) is 18.4 Å². The first-order valence-electron chi connectivity index (χ1n) is 2.95. The summed E-state index contributed by atoms with van der Waals surface area (Å²) in [4.78, 5) is 10.1. The van der Waals surface area contributed by atoms with Crippen LogP contribution in [0.5, 0.6) is 0 Å². The molecule has 0 aliphatic rings. The van der Waals surface area contributed by atoms with Gasteiger partial charge in [0.2, 0.25) is 0 Å². The first-order chi connectivity index (χ1) is 5.60. The fourth-order valence-electron chi connectivity index (χ4n) is 0.607. The monoisotopic (exact) mass is 209 g/mol. The third kappa shape index (κ3) is 3.21. The average molecular weight is 209 g/mol. The van der Waals surface area contributed by atoms with E-state index in [0.29, 0.717) is 7.05 Å². The standard InChI is InChI=1S/C5H5F6NO/c1-12-2(4(6,7)8)3(13)5(9,10)11/h2,12H,1H3. The molecule has 0 amide bonds. The van der Waals surface area contributed by atoms with Crippen molar-refractivity contribution < 1.29 is 31.1 Å². The Bertz CT molecular complexity index is 194. The summed E-state index contributed by atoms with van der Waals surface area (Å²) < 4.78 is 69.7. The summed E-state index contributed by atoms with van der Waals surface area (Å²) in [6.45, 7) is 0. The Morgan fingerprint density at radius 1 is 1.15 bits per heavy atom.